The first kappa shape index (κ1) is 11.1. The monoisotopic (exact) mass is 223 g/mol. The van der Waals surface area contributed by atoms with E-state index in [-0.39, 0.29) is 5.56 Å². The molecule has 16 heavy (non-hydrogen) atoms. The molecule has 1 unspecified atom stereocenters. The molecule has 1 saturated heterocycles. The van der Waals surface area contributed by atoms with E-state index in [1.165, 1.54) is 4.57 Å². The second-order valence-electron chi connectivity index (χ2n) is 4.69. The van der Waals surface area contributed by atoms with Crippen molar-refractivity contribution in [3.63, 3.8) is 0 Å². The molecule has 0 aliphatic carbocycles. The molecule has 2 rings (SSSR count). The zero-order chi connectivity index (χ0) is 11.8. The summed E-state index contributed by atoms with van der Waals surface area (Å²) in [4.78, 5) is 17.8. The van der Waals surface area contributed by atoms with Gasteiger partial charge < -0.3 is 14.6 Å². The molecule has 0 spiro atoms. The Morgan fingerprint density at radius 2 is 2.31 bits per heavy atom. The van der Waals surface area contributed by atoms with Gasteiger partial charge in [0.15, 0.2) is 5.82 Å². The molecule has 1 aromatic heterocycles. The van der Waals surface area contributed by atoms with Crippen LogP contribution < -0.4 is 10.5 Å². The maximum Gasteiger partial charge on any atom is 0.293 e. The molecular weight excluding hydrogens is 206 g/mol. The number of rotatable bonds is 1. The highest BCUT2D eigenvalue weighted by Gasteiger charge is 2.30. The van der Waals surface area contributed by atoms with Gasteiger partial charge in [-0.05, 0) is 19.8 Å². The highest BCUT2D eigenvalue weighted by Crippen LogP contribution is 2.22. The van der Waals surface area contributed by atoms with Gasteiger partial charge in [-0.15, -0.1) is 0 Å². The van der Waals surface area contributed by atoms with Crippen LogP contribution in [-0.4, -0.2) is 33.3 Å². The summed E-state index contributed by atoms with van der Waals surface area (Å²) in [6.07, 6.45) is 4.90. The molecule has 1 aliphatic heterocycles. The Morgan fingerprint density at radius 3 is 3.00 bits per heavy atom. The van der Waals surface area contributed by atoms with Gasteiger partial charge in [-0.25, -0.2) is 4.98 Å². The van der Waals surface area contributed by atoms with Gasteiger partial charge in [-0.2, -0.15) is 0 Å². The van der Waals surface area contributed by atoms with E-state index in [2.05, 4.69) is 4.98 Å². The largest absolute Gasteiger partial charge is 0.388 e. The van der Waals surface area contributed by atoms with Crippen molar-refractivity contribution in [1.29, 1.82) is 0 Å². The zero-order valence-corrected chi connectivity index (χ0v) is 9.68. The predicted molar refractivity (Wildman–Crippen MR) is 61.5 cm³/mol. The average molecular weight is 223 g/mol. The van der Waals surface area contributed by atoms with E-state index in [1.54, 1.807) is 26.4 Å². The standard InChI is InChI=1S/C11H17N3O2/c1-11(16)4-3-6-14(8-11)9-10(15)13(2)7-5-12-9/h5,7,16H,3-4,6,8H2,1-2H3. The van der Waals surface area contributed by atoms with Gasteiger partial charge in [0, 0.05) is 32.5 Å². The summed E-state index contributed by atoms with van der Waals surface area (Å²) in [5.41, 5.74) is -0.832. The minimum Gasteiger partial charge on any atom is -0.388 e. The summed E-state index contributed by atoms with van der Waals surface area (Å²) in [6.45, 7) is 3.05. The Morgan fingerprint density at radius 1 is 1.56 bits per heavy atom. The van der Waals surface area contributed by atoms with Crippen LogP contribution in [-0.2, 0) is 7.05 Å². The van der Waals surface area contributed by atoms with Crippen LogP contribution in [0.4, 0.5) is 5.82 Å². The fourth-order valence-electron chi connectivity index (χ4n) is 2.10. The third-order valence-electron chi connectivity index (χ3n) is 2.97. The van der Waals surface area contributed by atoms with Gasteiger partial charge in [0.2, 0.25) is 0 Å². The summed E-state index contributed by atoms with van der Waals surface area (Å²) < 4.78 is 1.51. The predicted octanol–water partition coefficient (Wildman–Crippen LogP) is 0.132. The Balaban J connectivity index is 2.31. The first-order valence-corrected chi connectivity index (χ1v) is 5.49. The molecule has 1 aliphatic rings. The number of nitrogens with zero attached hydrogens (tertiary/aromatic N) is 3. The second-order valence-corrected chi connectivity index (χ2v) is 4.69. The Kier molecular flexibility index (Phi) is 2.71. The summed E-state index contributed by atoms with van der Waals surface area (Å²) in [7, 11) is 1.70. The SMILES string of the molecule is Cn1ccnc(N2CCCC(C)(O)C2)c1=O. The van der Waals surface area contributed by atoms with Crippen molar-refractivity contribution >= 4 is 5.82 Å². The molecule has 0 radical (unpaired) electrons. The molecule has 1 atom stereocenters. The van der Waals surface area contributed by atoms with E-state index in [9.17, 15) is 9.90 Å². The van der Waals surface area contributed by atoms with Gasteiger partial charge in [-0.3, -0.25) is 4.79 Å². The van der Waals surface area contributed by atoms with E-state index < -0.39 is 5.60 Å². The van der Waals surface area contributed by atoms with E-state index in [4.69, 9.17) is 0 Å². The van der Waals surface area contributed by atoms with Crippen molar-refractivity contribution in [2.45, 2.75) is 25.4 Å². The fraction of sp³-hybridized carbons (Fsp3) is 0.636. The van der Waals surface area contributed by atoms with E-state index in [0.717, 1.165) is 19.4 Å². The molecule has 1 aromatic rings. The van der Waals surface area contributed by atoms with Crippen LogP contribution in [0.1, 0.15) is 19.8 Å². The maximum absolute atomic E-state index is 11.9. The number of anilines is 1. The van der Waals surface area contributed by atoms with Crippen LogP contribution in [0.25, 0.3) is 0 Å². The van der Waals surface area contributed by atoms with E-state index >= 15 is 0 Å². The summed E-state index contributed by atoms with van der Waals surface area (Å²) in [5, 5.41) is 9.99. The summed E-state index contributed by atoms with van der Waals surface area (Å²) in [5.74, 6) is 0.435. The number of piperidine rings is 1. The third kappa shape index (κ3) is 2.09. The van der Waals surface area contributed by atoms with Gasteiger partial charge in [0.25, 0.3) is 5.56 Å². The topological polar surface area (TPSA) is 58.4 Å². The average Bonchev–Trinajstić information content (AvgIpc) is 2.20. The Hall–Kier alpha value is -1.36. The van der Waals surface area contributed by atoms with Crippen molar-refractivity contribution < 1.29 is 5.11 Å². The van der Waals surface area contributed by atoms with Gasteiger partial charge in [0.05, 0.1) is 5.60 Å². The van der Waals surface area contributed by atoms with E-state index in [1.807, 2.05) is 4.90 Å². The fourth-order valence-corrected chi connectivity index (χ4v) is 2.10. The van der Waals surface area contributed by atoms with Crippen molar-refractivity contribution in [1.82, 2.24) is 9.55 Å². The maximum atomic E-state index is 11.9. The lowest BCUT2D eigenvalue weighted by atomic mass is 9.95. The van der Waals surface area contributed by atoms with E-state index in [0.29, 0.717) is 12.4 Å². The Bertz CT molecular complexity index is 439. The molecule has 0 bridgehead atoms. The molecule has 1 fully saturated rings. The number of aromatic nitrogens is 2. The zero-order valence-electron chi connectivity index (χ0n) is 9.68. The summed E-state index contributed by atoms with van der Waals surface area (Å²) >= 11 is 0. The third-order valence-corrected chi connectivity index (χ3v) is 2.97. The molecule has 5 nitrogen and oxygen atoms in total. The molecule has 2 heterocycles. The molecule has 1 N–H and O–H groups in total. The van der Waals surface area contributed by atoms with Crippen LogP contribution in [0.3, 0.4) is 0 Å². The molecule has 5 heteroatoms. The normalized spacial score (nSPS) is 25.8. The highest BCUT2D eigenvalue weighted by atomic mass is 16.3. The van der Waals surface area contributed by atoms with Crippen molar-refractivity contribution in [2.24, 2.45) is 7.05 Å². The van der Waals surface area contributed by atoms with Crippen LogP contribution in [0.2, 0.25) is 0 Å². The lowest BCUT2D eigenvalue weighted by Gasteiger charge is -2.37. The lowest BCUT2D eigenvalue weighted by Crippen LogP contribution is -2.48. The van der Waals surface area contributed by atoms with Crippen LogP contribution in [0, 0.1) is 0 Å². The quantitative estimate of drug-likeness (QED) is 0.735. The minimum absolute atomic E-state index is 0.111. The first-order valence-electron chi connectivity index (χ1n) is 5.49. The first-order chi connectivity index (χ1) is 7.49. The highest BCUT2D eigenvalue weighted by molar-refractivity contribution is 5.37. The van der Waals surface area contributed by atoms with Gasteiger partial charge in [0.1, 0.15) is 0 Å². The molecule has 0 amide bonds. The Labute approximate surface area is 94.3 Å². The number of β-amino-alcohol motifs (C(OH)–C–C–N with tert-alkyl or cyclic N) is 1. The number of hydrogen-bond acceptors (Lipinski definition) is 4. The van der Waals surface area contributed by atoms with Crippen LogP contribution in [0.15, 0.2) is 17.2 Å². The molecular formula is C11H17N3O2. The number of aliphatic hydroxyl groups is 1. The smallest absolute Gasteiger partial charge is 0.293 e. The molecule has 0 aromatic carbocycles. The van der Waals surface area contributed by atoms with Gasteiger partial charge in [-0.1, -0.05) is 0 Å². The number of hydrogen-bond donors (Lipinski definition) is 1. The van der Waals surface area contributed by atoms with Crippen molar-refractivity contribution in [3.05, 3.63) is 22.7 Å². The minimum atomic E-state index is -0.721. The van der Waals surface area contributed by atoms with Crippen LogP contribution in [0.5, 0.6) is 0 Å². The van der Waals surface area contributed by atoms with Crippen LogP contribution >= 0.6 is 0 Å². The molecule has 88 valence electrons. The summed E-state index contributed by atoms with van der Waals surface area (Å²) in [6, 6.07) is 0. The second kappa shape index (κ2) is 3.90. The van der Waals surface area contributed by atoms with Crippen molar-refractivity contribution in [3.8, 4) is 0 Å². The number of aryl methyl sites for hydroxylation is 1. The molecule has 0 saturated carbocycles. The van der Waals surface area contributed by atoms with Gasteiger partial charge >= 0.3 is 0 Å². The lowest BCUT2D eigenvalue weighted by molar-refractivity contribution is 0.0446. The van der Waals surface area contributed by atoms with Crippen molar-refractivity contribution in [2.75, 3.05) is 18.0 Å².